The lowest BCUT2D eigenvalue weighted by Crippen LogP contribution is -2.57. The van der Waals surface area contributed by atoms with Gasteiger partial charge < -0.3 is 30.6 Å². The molecule has 0 fully saturated rings. The minimum absolute atomic E-state index is 0.0921. The van der Waals surface area contributed by atoms with Gasteiger partial charge in [-0.3, -0.25) is 14.4 Å². The average Bonchev–Trinajstić information content (AvgIpc) is 2.87. The number of rotatable bonds is 14. The normalized spacial score (nSPS) is 13.3. The van der Waals surface area contributed by atoms with Crippen molar-refractivity contribution >= 4 is 24.0 Å². The van der Waals surface area contributed by atoms with Crippen LogP contribution in [0.15, 0.2) is 48.5 Å². The topological polar surface area (TPSA) is 134 Å². The van der Waals surface area contributed by atoms with Crippen LogP contribution < -0.4 is 20.7 Å². The summed E-state index contributed by atoms with van der Waals surface area (Å²) >= 11 is 0. The largest absolute Gasteiger partial charge is 0.508 e. The van der Waals surface area contributed by atoms with Gasteiger partial charge in [-0.15, -0.1) is 0 Å². The Kier molecular flexibility index (Phi) is 11.8. The number of nitrogens with one attached hydrogen (secondary N) is 3. The van der Waals surface area contributed by atoms with Gasteiger partial charge in [0, 0.05) is 12.8 Å². The zero-order valence-electron chi connectivity index (χ0n) is 22.7. The number of hydrogen-bond acceptors (Lipinski definition) is 6. The van der Waals surface area contributed by atoms with Crippen LogP contribution in [0.3, 0.4) is 0 Å². The quantitative estimate of drug-likeness (QED) is 0.280. The van der Waals surface area contributed by atoms with Gasteiger partial charge in [0.2, 0.25) is 17.7 Å². The Morgan fingerprint density at radius 1 is 0.842 bits per heavy atom. The minimum Gasteiger partial charge on any atom is -0.508 e. The van der Waals surface area contributed by atoms with Crippen molar-refractivity contribution in [2.75, 3.05) is 7.11 Å². The number of carbonyl (C=O) groups excluding carboxylic acids is 4. The van der Waals surface area contributed by atoms with Crippen LogP contribution in [-0.2, 0) is 32.0 Å². The molecule has 0 saturated carbocycles. The fraction of sp³-hybridized carbons (Fsp3) is 0.448. The highest BCUT2D eigenvalue weighted by Gasteiger charge is 2.30. The summed E-state index contributed by atoms with van der Waals surface area (Å²) in [4.78, 5) is 50.7. The third-order valence-electron chi connectivity index (χ3n) is 5.98. The van der Waals surface area contributed by atoms with Crippen LogP contribution in [0, 0.1) is 11.8 Å². The van der Waals surface area contributed by atoms with Crippen molar-refractivity contribution < 1.29 is 29.0 Å². The van der Waals surface area contributed by atoms with Crippen molar-refractivity contribution in [3.05, 3.63) is 59.7 Å². The molecule has 3 atom stereocenters. The Bertz CT molecular complexity index is 1070. The van der Waals surface area contributed by atoms with E-state index in [0.29, 0.717) is 12.0 Å². The van der Waals surface area contributed by atoms with Gasteiger partial charge >= 0.3 is 0 Å². The maximum absolute atomic E-state index is 13.3. The Morgan fingerprint density at radius 2 is 1.42 bits per heavy atom. The SMILES string of the molecule is COc1ccc(CC(C=O)NC(=O)[C@@H](NC(=O)[C@H](Cc2ccc(O)cc2)NC(=O)CC(C)C)C(C)C)cc1. The van der Waals surface area contributed by atoms with Crippen LogP contribution in [0.5, 0.6) is 11.5 Å². The number of aromatic hydroxyl groups is 1. The second-order valence-corrected chi connectivity index (χ2v) is 10.1. The van der Waals surface area contributed by atoms with E-state index in [1.165, 1.54) is 12.1 Å². The summed E-state index contributed by atoms with van der Waals surface area (Å²) in [5.41, 5.74) is 1.58. The molecular formula is C29H39N3O6. The van der Waals surface area contributed by atoms with Gasteiger partial charge in [-0.05, 0) is 53.6 Å². The lowest BCUT2D eigenvalue weighted by Gasteiger charge is -2.26. The highest BCUT2D eigenvalue weighted by molar-refractivity contribution is 5.93. The molecular weight excluding hydrogens is 486 g/mol. The zero-order valence-corrected chi connectivity index (χ0v) is 22.7. The van der Waals surface area contributed by atoms with E-state index in [-0.39, 0.29) is 42.8 Å². The zero-order chi connectivity index (χ0) is 28.2. The molecule has 0 aromatic heterocycles. The molecule has 0 bridgehead atoms. The summed E-state index contributed by atoms with van der Waals surface area (Å²) in [7, 11) is 1.56. The van der Waals surface area contributed by atoms with Gasteiger partial charge in [-0.1, -0.05) is 52.0 Å². The maximum atomic E-state index is 13.3. The molecule has 2 aromatic carbocycles. The number of methoxy groups -OCH3 is 1. The number of benzene rings is 2. The molecule has 38 heavy (non-hydrogen) atoms. The summed E-state index contributed by atoms with van der Waals surface area (Å²) in [6, 6.07) is 10.9. The van der Waals surface area contributed by atoms with Crippen molar-refractivity contribution in [1.29, 1.82) is 0 Å². The fourth-order valence-corrected chi connectivity index (χ4v) is 3.91. The van der Waals surface area contributed by atoms with Crippen LogP contribution in [0.2, 0.25) is 0 Å². The van der Waals surface area contributed by atoms with E-state index in [1.807, 2.05) is 26.0 Å². The molecule has 9 nitrogen and oxygen atoms in total. The Morgan fingerprint density at radius 3 is 1.95 bits per heavy atom. The van der Waals surface area contributed by atoms with Crippen LogP contribution in [-0.4, -0.2) is 54.3 Å². The molecule has 0 aliphatic rings. The molecule has 206 valence electrons. The second kappa shape index (κ2) is 14.8. The Hall–Kier alpha value is -3.88. The maximum Gasteiger partial charge on any atom is 0.243 e. The molecule has 3 amide bonds. The standard InChI is InChI=1S/C29H39N3O6/c1-18(2)14-26(35)31-25(16-21-6-10-23(34)11-7-21)28(36)32-27(19(3)4)29(37)30-22(17-33)15-20-8-12-24(38-5)13-9-20/h6-13,17-19,22,25,27,34H,14-16H2,1-5H3,(H,30,37)(H,31,35)(H,32,36)/t22?,25-,27-/m0/s1. The van der Waals surface area contributed by atoms with Gasteiger partial charge in [-0.2, -0.15) is 0 Å². The molecule has 0 heterocycles. The van der Waals surface area contributed by atoms with Gasteiger partial charge in [0.25, 0.3) is 0 Å². The first kappa shape index (κ1) is 30.3. The van der Waals surface area contributed by atoms with Crippen LogP contribution in [0.25, 0.3) is 0 Å². The summed E-state index contributed by atoms with van der Waals surface area (Å²) in [5, 5.41) is 17.8. The molecule has 2 rings (SSSR count). The molecule has 2 aromatic rings. The molecule has 0 saturated heterocycles. The first-order valence-corrected chi connectivity index (χ1v) is 12.8. The van der Waals surface area contributed by atoms with Crippen molar-refractivity contribution in [3.63, 3.8) is 0 Å². The third kappa shape index (κ3) is 9.88. The first-order chi connectivity index (χ1) is 18.0. The Balaban J connectivity index is 2.13. The predicted octanol–water partition coefficient (Wildman–Crippen LogP) is 2.54. The highest BCUT2D eigenvalue weighted by atomic mass is 16.5. The van der Waals surface area contributed by atoms with Crippen molar-refractivity contribution in [2.24, 2.45) is 11.8 Å². The number of amides is 3. The van der Waals surface area contributed by atoms with Crippen molar-refractivity contribution in [2.45, 2.75) is 65.1 Å². The number of hydrogen-bond donors (Lipinski definition) is 4. The molecule has 0 radical (unpaired) electrons. The molecule has 1 unspecified atom stereocenters. The molecule has 9 heteroatoms. The number of aldehydes is 1. The van der Waals surface area contributed by atoms with Crippen molar-refractivity contribution in [3.8, 4) is 11.5 Å². The predicted molar refractivity (Wildman–Crippen MR) is 145 cm³/mol. The number of ether oxygens (including phenoxy) is 1. The number of phenolic OH excluding ortho intramolecular Hbond substituents is 1. The van der Waals surface area contributed by atoms with Crippen molar-refractivity contribution in [1.82, 2.24) is 16.0 Å². The highest BCUT2D eigenvalue weighted by Crippen LogP contribution is 2.14. The Labute approximate surface area is 224 Å². The van der Waals surface area contributed by atoms with E-state index < -0.39 is 29.9 Å². The molecule has 0 aliphatic carbocycles. The molecule has 0 spiro atoms. The van der Waals surface area contributed by atoms with E-state index in [9.17, 15) is 24.3 Å². The second-order valence-electron chi connectivity index (χ2n) is 10.1. The number of carbonyl (C=O) groups is 4. The van der Waals surface area contributed by atoms with Crippen LogP contribution >= 0.6 is 0 Å². The third-order valence-corrected chi connectivity index (χ3v) is 5.98. The first-order valence-electron chi connectivity index (χ1n) is 12.8. The molecule has 0 aliphatic heterocycles. The summed E-state index contributed by atoms with van der Waals surface area (Å²) in [6.07, 6.45) is 1.38. The lowest BCUT2D eigenvalue weighted by molar-refractivity contribution is -0.133. The van der Waals surface area contributed by atoms with E-state index in [2.05, 4.69) is 16.0 Å². The summed E-state index contributed by atoms with van der Waals surface area (Å²) in [5.74, 6) is -0.678. The minimum atomic E-state index is -0.930. The monoisotopic (exact) mass is 525 g/mol. The van der Waals surface area contributed by atoms with E-state index in [0.717, 1.165) is 11.1 Å². The smallest absolute Gasteiger partial charge is 0.243 e. The van der Waals surface area contributed by atoms with E-state index in [1.54, 1.807) is 45.2 Å². The fourth-order valence-electron chi connectivity index (χ4n) is 3.91. The lowest BCUT2D eigenvalue weighted by atomic mass is 9.99. The van der Waals surface area contributed by atoms with Gasteiger partial charge in [0.15, 0.2) is 0 Å². The molecule has 4 N–H and O–H groups in total. The van der Waals surface area contributed by atoms with E-state index >= 15 is 0 Å². The van der Waals surface area contributed by atoms with Gasteiger partial charge in [0.05, 0.1) is 13.2 Å². The van der Waals surface area contributed by atoms with Crippen LogP contribution in [0.1, 0.15) is 45.2 Å². The summed E-state index contributed by atoms with van der Waals surface area (Å²) < 4.78 is 5.15. The van der Waals surface area contributed by atoms with Gasteiger partial charge in [-0.25, -0.2) is 0 Å². The number of phenols is 1. The van der Waals surface area contributed by atoms with E-state index in [4.69, 9.17) is 4.74 Å². The van der Waals surface area contributed by atoms with Gasteiger partial charge in [0.1, 0.15) is 29.9 Å². The average molecular weight is 526 g/mol. The van der Waals surface area contributed by atoms with Crippen LogP contribution in [0.4, 0.5) is 0 Å². The summed E-state index contributed by atoms with van der Waals surface area (Å²) in [6.45, 7) is 7.39.